The Morgan fingerprint density at radius 1 is 1.03 bits per heavy atom. The Labute approximate surface area is 168 Å². The average Bonchev–Trinajstić information content (AvgIpc) is 3.37. The van der Waals surface area contributed by atoms with Gasteiger partial charge >= 0.3 is 6.18 Å². The minimum atomic E-state index is -4.47. The summed E-state index contributed by atoms with van der Waals surface area (Å²) in [5, 5.41) is 6.55. The fourth-order valence-electron chi connectivity index (χ4n) is 2.84. The van der Waals surface area contributed by atoms with Crippen LogP contribution in [0.5, 0.6) is 0 Å². The van der Waals surface area contributed by atoms with Crippen molar-refractivity contribution >= 4 is 11.6 Å². The number of rotatable bonds is 4. The van der Waals surface area contributed by atoms with Crippen molar-refractivity contribution in [1.29, 1.82) is 0 Å². The minimum Gasteiger partial charge on any atom is -0.451 e. The molecular weight excluding hydrogens is 399 g/mol. The van der Waals surface area contributed by atoms with E-state index >= 15 is 0 Å². The Morgan fingerprint density at radius 3 is 2.57 bits per heavy atom. The van der Waals surface area contributed by atoms with Crippen molar-refractivity contribution in [2.75, 3.05) is 5.32 Å². The highest BCUT2D eigenvalue weighted by molar-refractivity contribution is 6.04. The maximum Gasteiger partial charge on any atom is 0.416 e. The predicted molar refractivity (Wildman–Crippen MR) is 102 cm³/mol. The molecule has 6 nitrogen and oxygen atoms in total. The van der Waals surface area contributed by atoms with Gasteiger partial charge in [0.05, 0.1) is 11.3 Å². The molecule has 9 heteroatoms. The number of benzene rings is 2. The van der Waals surface area contributed by atoms with Crippen LogP contribution in [0.2, 0.25) is 0 Å². The minimum absolute atomic E-state index is 0.0542. The van der Waals surface area contributed by atoms with Crippen molar-refractivity contribution in [3.8, 4) is 22.7 Å². The quantitative estimate of drug-likeness (QED) is 0.473. The van der Waals surface area contributed by atoms with Gasteiger partial charge in [-0.15, -0.1) is 0 Å². The molecule has 0 bridgehead atoms. The molecule has 1 amide bonds. The molecular formula is C21H14F3N3O3. The van der Waals surface area contributed by atoms with Gasteiger partial charge in [-0.2, -0.15) is 18.2 Å². The molecule has 0 fully saturated rings. The summed E-state index contributed by atoms with van der Waals surface area (Å²) < 4.78 is 49.2. The number of alkyl halides is 3. The van der Waals surface area contributed by atoms with E-state index in [2.05, 4.69) is 15.5 Å². The number of halogens is 3. The van der Waals surface area contributed by atoms with Crippen molar-refractivity contribution in [2.45, 2.75) is 13.1 Å². The summed E-state index contributed by atoms with van der Waals surface area (Å²) in [5.74, 6) is 0.214. The van der Waals surface area contributed by atoms with Crippen LogP contribution in [-0.2, 0) is 6.18 Å². The number of furan rings is 1. The summed E-state index contributed by atoms with van der Waals surface area (Å²) >= 11 is 0. The molecule has 0 unspecified atom stereocenters. The molecule has 0 aliphatic rings. The lowest BCUT2D eigenvalue weighted by atomic mass is 10.1. The Bertz CT molecular complexity index is 1210. The molecule has 0 spiro atoms. The first-order valence-corrected chi connectivity index (χ1v) is 8.80. The number of nitrogens with zero attached hydrogens (tertiary/aromatic N) is 2. The second-order valence-corrected chi connectivity index (χ2v) is 6.38. The maximum absolute atomic E-state index is 12.9. The second-order valence-electron chi connectivity index (χ2n) is 6.38. The summed E-state index contributed by atoms with van der Waals surface area (Å²) in [6.45, 7) is 1.65. The van der Waals surface area contributed by atoms with Gasteiger partial charge in [-0.1, -0.05) is 29.4 Å². The first kappa shape index (κ1) is 19.4. The van der Waals surface area contributed by atoms with Gasteiger partial charge in [-0.05, 0) is 36.4 Å². The predicted octanol–water partition coefficient (Wildman–Crippen LogP) is 5.58. The zero-order valence-corrected chi connectivity index (χ0v) is 15.5. The van der Waals surface area contributed by atoms with Crippen molar-refractivity contribution in [1.82, 2.24) is 10.1 Å². The molecule has 30 heavy (non-hydrogen) atoms. The van der Waals surface area contributed by atoms with Crippen molar-refractivity contribution in [2.24, 2.45) is 0 Å². The average molecular weight is 413 g/mol. The van der Waals surface area contributed by atoms with Gasteiger partial charge in [0.1, 0.15) is 5.76 Å². The normalized spacial score (nSPS) is 11.5. The highest BCUT2D eigenvalue weighted by Gasteiger charge is 2.30. The molecule has 0 aliphatic heterocycles. The van der Waals surface area contributed by atoms with E-state index < -0.39 is 17.6 Å². The highest BCUT2D eigenvalue weighted by Crippen LogP contribution is 2.33. The molecule has 1 N–H and O–H groups in total. The molecule has 152 valence electrons. The van der Waals surface area contributed by atoms with Crippen molar-refractivity contribution < 1.29 is 26.9 Å². The van der Waals surface area contributed by atoms with E-state index in [1.54, 1.807) is 31.2 Å². The van der Waals surface area contributed by atoms with Crippen LogP contribution in [0.15, 0.2) is 69.6 Å². The van der Waals surface area contributed by atoms with Gasteiger partial charge in [0.2, 0.25) is 11.7 Å². The van der Waals surface area contributed by atoms with Crippen LogP contribution < -0.4 is 5.32 Å². The molecule has 2 heterocycles. The molecule has 0 radical (unpaired) electrons. The number of anilines is 1. The van der Waals surface area contributed by atoms with E-state index in [0.717, 1.165) is 12.1 Å². The highest BCUT2D eigenvalue weighted by atomic mass is 19.4. The largest absolute Gasteiger partial charge is 0.451 e. The van der Waals surface area contributed by atoms with E-state index in [9.17, 15) is 18.0 Å². The molecule has 0 atom stereocenters. The van der Waals surface area contributed by atoms with Gasteiger partial charge < -0.3 is 14.3 Å². The van der Waals surface area contributed by atoms with Crippen molar-refractivity contribution in [3.63, 3.8) is 0 Å². The summed E-state index contributed by atoms with van der Waals surface area (Å²) in [6.07, 6.45) is -4.47. The fourth-order valence-corrected chi connectivity index (χ4v) is 2.84. The first-order valence-electron chi connectivity index (χ1n) is 8.80. The number of amides is 1. The SMILES string of the molecule is Cc1nc(-c2ccccc2NC(=O)c2ccc(-c3cccc(C(F)(F)F)c3)o2)no1. The molecule has 4 aromatic rings. The smallest absolute Gasteiger partial charge is 0.416 e. The van der Waals surface area contributed by atoms with Crippen LogP contribution in [0.3, 0.4) is 0 Å². The van der Waals surface area contributed by atoms with E-state index in [1.165, 1.54) is 24.3 Å². The van der Waals surface area contributed by atoms with Gasteiger partial charge in [0, 0.05) is 18.1 Å². The van der Waals surface area contributed by atoms with Crippen LogP contribution in [-0.4, -0.2) is 16.0 Å². The number of hydrogen-bond donors (Lipinski definition) is 1. The standard InChI is InChI=1S/C21H14F3N3O3/c1-12-25-19(27-30-12)15-7-2-3-8-16(15)26-20(28)18-10-9-17(29-18)13-5-4-6-14(11-13)21(22,23)24/h2-11H,1H3,(H,26,28). The topological polar surface area (TPSA) is 81.2 Å². The third kappa shape index (κ3) is 3.95. The van der Waals surface area contributed by atoms with Gasteiger partial charge in [0.15, 0.2) is 5.76 Å². The molecule has 4 rings (SSSR count). The van der Waals surface area contributed by atoms with Crippen LogP contribution in [0.4, 0.5) is 18.9 Å². The van der Waals surface area contributed by atoms with E-state index in [1.807, 2.05) is 0 Å². The number of nitrogens with one attached hydrogen (secondary N) is 1. The van der Waals surface area contributed by atoms with Gasteiger partial charge in [0.25, 0.3) is 5.91 Å². The molecule has 0 saturated carbocycles. The summed E-state index contributed by atoms with van der Waals surface area (Å²) in [4.78, 5) is 16.8. The van der Waals surface area contributed by atoms with Crippen molar-refractivity contribution in [3.05, 3.63) is 77.9 Å². The number of carbonyl (C=O) groups is 1. The summed E-state index contributed by atoms with van der Waals surface area (Å²) in [6, 6.07) is 14.4. The number of para-hydroxylation sites is 1. The fraction of sp³-hybridized carbons (Fsp3) is 0.0952. The zero-order valence-electron chi connectivity index (χ0n) is 15.5. The Balaban J connectivity index is 1.58. The Kier molecular flexibility index (Phi) is 4.86. The van der Waals surface area contributed by atoms with Crippen LogP contribution in [0.1, 0.15) is 22.0 Å². The van der Waals surface area contributed by atoms with Crippen LogP contribution in [0.25, 0.3) is 22.7 Å². The third-order valence-corrected chi connectivity index (χ3v) is 4.25. The second kappa shape index (κ2) is 7.51. The van der Waals surface area contributed by atoms with E-state index in [0.29, 0.717) is 23.0 Å². The number of aromatic nitrogens is 2. The first-order chi connectivity index (χ1) is 14.3. The lowest BCUT2D eigenvalue weighted by Gasteiger charge is -2.08. The lowest BCUT2D eigenvalue weighted by Crippen LogP contribution is -2.11. The maximum atomic E-state index is 12.9. The zero-order chi connectivity index (χ0) is 21.3. The van der Waals surface area contributed by atoms with E-state index in [4.69, 9.17) is 8.94 Å². The van der Waals surface area contributed by atoms with E-state index in [-0.39, 0.29) is 17.1 Å². The Morgan fingerprint density at radius 2 is 1.83 bits per heavy atom. The van der Waals surface area contributed by atoms with Gasteiger partial charge in [-0.25, -0.2) is 0 Å². The van der Waals surface area contributed by atoms with Crippen LogP contribution >= 0.6 is 0 Å². The third-order valence-electron chi connectivity index (χ3n) is 4.25. The monoisotopic (exact) mass is 413 g/mol. The number of hydrogen-bond acceptors (Lipinski definition) is 5. The molecule has 2 aromatic heterocycles. The van der Waals surface area contributed by atoms with Crippen LogP contribution in [0, 0.1) is 6.92 Å². The Hall–Kier alpha value is -3.88. The molecule has 0 aliphatic carbocycles. The molecule has 2 aromatic carbocycles. The summed E-state index contributed by atoms with van der Waals surface area (Å²) in [5.41, 5.74) is 0.394. The number of aryl methyl sites for hydroxylation is 1. The number of carbonyl (C=O) groups excluding carboxylic acids is 1. The van der Waals surface area contributed by atoms with Gasteiger partial charge in [-0.3, -0.25) is 4.79 Å². The lowest BCUT2D eigenvalue weighted by molar-refractivity contribution is -0.137. The summed E-state index contributed by atoms with van der Waals surface area (Å²) in [7, 11) is 0. The molecule has 0 saturated heterocycles.